The topological polar surface area (TPSA) is 55.7 Å². The zero-order valence-electron chi connectivity index (χ0n) is 10.1. The van der Waals surface area contributed by atoms with E-state index in [-0.39, 0.29) is 0 Å². The van der Waals surface area contributed by atoms with Gasteiger partial charge in [0, 0.05) is 0 Å². The van der Waals surface area contributed by atoms with E-state index in [0.717, 1.165) is 0 Å². The first-order valence-corrected chi connectivity index (χ1v) is 6.67. The number of hydrogen-bond acceptors (Lipinski definition) is 3. The van der Waals surface area contributed by atoms with Gasteiger partial charge in [0.15, 0.2) is 0 Å². The highest BCUT2D eigenvalue weighted by Crippen LogP contribution is 2.29. The van der Waals surface area contributed by atoms with E-state index < -0.39 is 27.9 Å². The normalized spacial score (nSPS) is 34.2. The third kappa shape index (κ3) is 4.03. The van der Waals surface area contributed by atoms with E-state index in [2.05, 4.69) is 4.40 Å². The van der Waals surface area contributed by atoms with Crippen LogP contribution in [0.3, 0.4) is 0 Å². The molecule has 1 fully saturated rings. The Morgan fingerprint density at radius 1 is 1.44 bits per heavy atom. The van der Waals surface area contributed by atoms with Crippen LogP contribution >= 0.6 is 0 Å². The van der Waals surface area contributed by atoms with Gasteiger partial charge in [-0.15, -0.1) is 0 Å². The zero-order valence-corrected chi connectivity index (χ0v) is 10.9. The summed E-state index contributed by atoms with van der Waals surface area (Å²) < 4.78 is 28.0. The SMILES string of the molecule is CC(C)(C)[S+]([O-])/N=C/[C@]1(O)CC[C@@H](F)CC1. The molecular formula is C11H20FNO2S. The van der Waals surface area contributed by atoms with E-state index in [1.807, 2.05) is 20.8 Å². The van der Waals surface area contributed by atoms with Gasteiger partial charge in [0.2, 0.25) is 0 Å². The maximum absolute atomic E-state index is 12.9. The average Bonchev–Trinajstić information content (AvgIpc) is 2.18. The smallest absolute Gasteiger partial charge is 0.144 e. The number of alkyl halides is 1. The number of rotatable bonds is 2. The largest absolute Gasteiger partial charge is 0.591 e. The molecule has 1 saturated carbocycles. The molecule has 0 aromatic rings. The van der Waals surface area contributed by atoms with Gasteiger partial charge in [0.1, 0.15) is 27.9 Å². The van der Waals surface area contributed by atoms with Crippen molar-refractivity contribution in [2.24, 2.45) is 4.40 Å². The van der Waals surface area contributed by atoms with E-state index in [1.165, 1.54) is 6.21 Å². The first kappa shape index (κ1) is 13.9. The van der Waals surface area contributed by atoms with Crippen LogP contribution in [0.4, 0.5) is 4.39 Å². The minimum Gasteiger partial charge on any atom is -0.591 e. The monoisotopic (exact) mass is 249 g/mol. The predicted molar refractivity (Wildman–Crippen MR) is 64.7 cm³/mol. The average molecular weight is 249 g/mol. The van der Waals surface area contributed by atoms with E-state index in [0.29, 0.717) is 25.7 Å². The zero-order chi connectivity index (χ0) is 12.4. The van der Waals surface area contributed by atoms with Crippen molar-refractivity contribution in [1.29, 1.82) is 0 Å². The van der Waals surface area contributed by atoms with Crippen molar-refractivity contribution in [3.63, 3.8) is 0 Å². The first-order chi connectivity index (χ1) is 7.23. The van der Waals surface area contributed by atoms with E-state index in [1.54, 1.807) is 0 Å². The molecule has 1 atom stereocenters. The quantitative estimate of drug-likeness (QED) is 0.602. The molecule has 3 nitrogen and oxygen atoms in total. The second-order valence-electron chi connectivity index (χ2n) is 5.37. The third-order valence-corrected chi connectivity index (χ3v) is 4.04. The molecule has 5 heteroatoms. The first-order valence-electron chi connectivity index (χ1n) is 5.57. The van der Waals surface area contributed by atoms with Crippen molar-refractivity contribution >= 4 is 17.6 Å². The molecule has 0 heterocycles. The molecule has 1 unspecified atom stereocenters. The van der Waals surface area contributed by atoms with Gasteiger partial charge in [-0.3, -0.25) is 0 Å². The molecule has 0 bridgehead atoms. The van der Waals surface area contributed by atoms with Crippen LogP contribution in [-0.4, -0.2) is 32.4 Å². The lowest BCUT2D eigenvalue weighted by atomic mass is 9.85. The van der Waals surface area contributed by atoms with Crippen LogP contribution in [0.1, 0.15) is 46.5 Å². The van der Waals surface area contributed by atoms with Crippen LogP contribution in [0.5, 0.6) is 0 Å². The summed E-state index contributed by atoms with van der Waals surface area (Å²) in [6, 6.07) is 0. The Bertz CT molecular complexity index is 257. The summed E-state index contributed by atoms with van der Waals surface area (Å²) in [6.07, 6.45) is 1.95. The summed E-state index contributed by atoms with van der Waals surface area (Å²) in [4.78, 5) is 0. The lowest BCUT2D eigenvalue weighted by Gasteiger charge is -2.29. The van der Waals surface area contributed by atoms with Gasteiger partial charge in [0.25, 0.3) is 0 Å². The molecule has 16 heavy (non-hydrogen) atoms. The van der Waals surface area contributed by atoms with Crippen LogP contribution < -0.4 is 0 Å². The Labute approximate surface area is 99.5 Å². The van der Waals surface area contributed by atoms with Crippen molar-refractivity contribution in [1.82, 2.24) is 0 Å². The molecule has 0 aromatic heterocycles. The molecular weight excluding hydrogens is 229 g/mol. The minimum atomic E-state index is -1.36. The number of aliphatic hydroxyl groups is 1. The van der Waals surface area contributed by atoms with Crippen LogP contribution in [-0.2, 0) is 11.4 Å². The highest BCUT2D eigenvalue weighted by Gasteiger charge is 2.34. The molecule has 0 aromatic carbocycles. The summed E-state index contributed by atoms with van der Waals surface area (Å²) in [5.41, 5.74) is -1.07. The Morgan fingerprint density at radius 2 is 1.94 bits per heavy atom. The Hall–Kier alpha value is -0.130. The summed E-state index contributed by atoms with van der Waals surface area (Å²) in [5.74, 6) is 0. The Balaban J connectivity index is 2.56. The fourth-order valence-corrected chi connectivity index (χ4v) is 2.12. The summed E-state index contributed by atoms with van der Waals surface area (Å²) >= 11 is -1.36. The standard InChI is InChI=1S/C11H20FNO2S/c1-10(2,3)16(15)13-8-11(14)6-4-9(12)5-7-11/h8-9,14H,4-7H2,1-3H3/b13-8+/t9-,11+,16?. The maximum Gasteiger partial charge on any atom is 0.144 e. The van der Waals surface area contributed by atoms with Crippen LogP contribution in [0, 0.1) is 0 Å². The highest BCUT2D eigenvalue weighted by molar-refractivity contribution is 7.91. The highest BCUT2D eigenvalue weighted by atomic mass is 32.2. The minimum absolute atomic E-state index is 0.352. The molecule has 1 N–H and O–H groups in total. The van der Waals surface area contributed by atoms with Crippen molar-refractivity contribution in [3.05, 3.63) is 0 Å². The summed E-state index contributed by atoms with van der Waals surface area (Å²) in [6.45, 7) is 5.47. The molecule has 0 aliphatic heterocycles. The molecule has 0 radical (unpaired) electrons. The van der Waals surface area contributed by atoms with Gasteiger partial charge in [-0.05, 0) is 46.5 Å². The second-order valence-corrected chi connectivity index (χ2v) is 7.31. The van der Waals surface area contributed by atoms with Gasteiger partial charge in [-0.2, -0.15) is 0 Å². The molecule has 0 amide bonds. The van der Waals surface area contributed by atoms with Crippen LogP contribution in [0.2, 0.25) is 0 Å². The molecule has 1 aliphatic rings. The third-order valence-electron chi connectivity index (χ3n) is 2.69. The van der Waals surface area contributed by atoms with Gasteiger partial charge >= 0.3 is 0 Å². The van der Waals surface area contributed by atoms with Crippen molar-refractivity contribution in [3.8, 4) is 0 Å². The van der Waals surface area contributed by atoms with Crippen molar-refractivity contribution in [2.45, 2.75) is 63.0 Å². The lowest BCUT2D eigenvalue weighted by Crippen LogP contribution is -2.37. The fourth-order valence-electron chi connectivity index (χ4n) is 1.52. The van der Waals surface area contributed by atoms with E-state index >= 15 is 0 Å². The summed E-state index contributed by atoms with van der Waals surface area (Å²) in [7, 11) is 0. The lowest BCUT2D eigenvalue weighted by molar-refractivity contribution is 0.0486. The van der Waals surface area contributed by atoms with E-state index in [9.17, 15) is 14.0 Å². The van der Waals surface area contributed by atoms with Crippen molar-refractivity contribution < 1.29 is 14.0 Å². The van der Waals surface area contributed by atoms with Gasteiger partial charge in [0.05, 0.1) is 6.21 Å². The molecule has 0 saturated heterocycles. The molecule has 94 valence electrons. The second kappa shape index (κ2) is 5.02. The molecule has 1 aliphatic carbocycles. The van der Waals surface area contributed by atoms with Crippen LogP contribution in [0.25, 0.3) is 0 Å². The fraction of sp³-hybridized carbons (Fsp3) is 0.909. The van der Waals surface area contributed by atoms with Gasteiger partial charge in [-0.25, -0.2) is 4.39 Å². The number of hydrogen-bond donors (Lipinski definition) is 1. The predicted octanol–water partition coefficient (Wildman–Crippen LogP) is 2.16. The molecule has 1 rings (SSSR count). The van der Waals surface area contributed by atoms with Crippen molar-refractivity contribution in [2.75, 3.05) is 0 Å². The number of nitrogens with zero attached hydrogens (tertiary/aromatic N) is 1. The Morgan fingerprint density at radius 3 is 2.38 bits per heavy atom. The van der Waals surface area contributed by atoms with Gasteiger partial charge in [-0.1, -0.05) is 4.40 Å². The van der Waals surface area contributed by atoms with E-state index in [4.69, 9.17) is 0 Å². The molecule has 0 spiro atoms. The summed E-state index contributed by atoms with van der Waals surface area (Å²) in [5, 5.41) is 10.1. The van der Waals surface area contributed by atoms with Crippen LogP contribution in [0.15, 0.2) is 4.40 Å². The van der Waals surface area contributed by atoms with Gasteiger partial charge < -0.3 is 9.66 Å². The Kier molecular flexibility index (Phi) is 4.37. The number of halogens is 1. The maximum atomic E-state index is 12.9.